The van der Waals surface area contributed by atoms with Gasteiger partial charge in [0.15, 0.2) is 12.4 Å². The van der Waals surface area contributed by atoms with Gasteiger partial charge in [-0.15, -0.1) is 0 Å². The smallest absolute Gasteiger partial charge is 0.262 e. The first-order chi connectivity index (χ1) is 12.9. The average Bonchev–Trinajstić information content (AvgIpc) is 3.13. The molecule has 0 atom stereocenters. The molecular weight excluding hydrogens is 366 g/mol. The Labute approximate surface area is 162 Å². The number of para-hydroxylation sites is 1. The molecule has 0 unspecified atom stereocenters. The number of halogens is 1. The van der Waals surface area contributed by atoms with Crippen LogP contribution in [0.25, 0.3) is 11.5 Å². The lowest BCUT2D eigenvalue weighted by atomic mass is 10.1. The van der Waals surface area contributed by atoms with Crippen LogP contribution in [-0.2, 0) is 4.79 Å². The van der Waals surface area contributed by atoms with Crippen LogP contribution in [0.5, 0.6) is 5.75 Å². The molecular formula is C20H20ClN3O3. The molecule has 3 rings (SSSR count). The molecule has 0 bridgehead atoms. The van der Waals surface area contributed by atoms with Crippen molar-refractivity contribution in [1.82, 2.24) is 10.1 Å². The molecule has 6 nitrogen and oxygen atoms in total. The molecule has 1 aromatic heterocycles. The number of anilines is 1. The fourth-order valence-electron chi connectivity index (χ4n) is 2.40. The number of hydrogen-bond donors (Lipinski definition) is 1. The Morgan fingerprint density at radius 3 is 2.74 bits per heavy atom. The number of nitrogens with one attached hydrogen (secondary N) is 1. The lowest BCUT2D eigenvalue weighted by Gasteiger charge is -2.10. The molecule has 140 valence electrons. The zero-order valence-corrected chi connectivity index (χ0v) is 16.1. The summed E-state index contributed by atoms with van der Waals surface area (Å²) in [5, 5.41) is 7.45. The van der Waals surface area contributed by atoms with Gasteiger partial charge in [0.2, 0.25) is 0 Å². The molecule has 0 aliphatic heterocycles. The van der Waals surface area contributed by atoms with Crippen LogP contribution in [0, 0.1) is 6.92 Å². The number of amides is 1. The third kappa shape index (κ3) is 4.65. The molecule has 0 radical (unpaired) electrons. The molecule has 0 aliphatic rings. The van der Waals surface area contributed by atoms with E-state index in [-0.39, 0.29) is 18.4 Å². The minimum absolute atomic E-state index is 0.128. The maximum atomic E-state index is 12.3. The lowest BCUT2D eigenvalue weighted by molar-refractivity contribution is -0.118. The molecule has 0 saturated carbocycles. The maximum Gasteiger partial charge on any atom is 0.262 e. The van der Waals surface area contributed by atoms with Crippen LogP contribution in [0.1, 0.15) is 31.2 Å². The van der Waals surface area contributed by atoms with Crippen molar-refractivity contribution >= 4 is 23.2 Å². The summed E-state index contributed by atoms with van der Waals surface area (Å²) in [6.45, 7) is 5.72. The number of hydrogen-bond acceptors (Lipinski definition) is 5. The van der Waals surface area contributed by atoms with Crippen LogP contribution in [0.2, 0.25) is 5.02 Å². The van der Waals surface area contributed by atoms with E-state index in [1.54, 1.807) is 24.3 Å². The van der Waals surface area contributed by atoms with Crippen LogP contribution >= 0.6 is 11.6 Å². The predicted octanol–water partition coefficient (Wildman–Crippen LogP) is 4.84. The largest absolute Gasteiger partial charge is 0.484 e. The van der Waals surface area contributed by atoms with E-state index in [2.05, 4.69) is 15.5 Å². The van der Waals surface area contributed by atoms with Gasteiger partial charge in [-0.2, -0.15) is 4.98 Å². The van der Waals surface area contributed by atoms with E-state index in [0.717, 1.165) is 5.56 Å². The molecule has 27 heavy (non-hydrogen) atoms. The Morgan fingerprint density at radius 2 is 2.04 bits per heavy atom. The highest BCUT2D eigenvalue weighted by atomic mass is 35.5. The summed E-state index contributed by atoms with van der Waals surface area (Å²) in [5.74, 6) is 1.43. The number of aryl methyl sites for hydroxylation is 1. The van der Waals surface area contributed by atoms with Crippen molar-refractivity contribution < 1.29 is 14.1 Å². The number of nitrogens with zero attached hydrogens (tertiary/aromatic N) is 2. The highest BCUT2D eigenvalue weighted by Crippen LogP contribution is 2.27. The van der Waals surface area contributed by atoms with E-state index in [0.29, 0.717) is 33.7 Å². The van der Waals surface area contributed by atoms with Crippen molar-refractivity contribution in [2.24, 2.45) is 0 Å². The third-order valence-corrected chi connectivity index (χ3v) is 4.31. The fraction of sp³-hybridized carbons (Fsp3) is 0.250. The number of rotatable bonds is 6. The van der Waals surface area contributed by atoms with Crippen molar-refractivity contribution in [2.45, 2.75) is 26.7 Å². The summed E-state index contributed by atoms with van der Waals surface area (Å²) >= 11 is 5.99. The van der Waals surface area contributed by atoms with Gasteiger partial charge in [0.05, 0.1) is 11.3 Å². The van der Waals surface area contributed by atoms with Crippen molar-refractivity contribution in [2.75, 3.05) is 11.9 Å². The van der Waals surface area contributed by atoms with Crippen LogP contribution in [0.15, 0.2) is 47.0 Å². The van der Waals surface area contributed by atoms with Crippen LogP contribution in [-0.4, -0.2) is 22.7 Å². The summed E-state index contributed by atoms with van der Waals surface area (Å²) in [6, 6.07) is 12.5. The summed E-state index contributed by atoms with van der Waals surface area (Å²) < 4.78 is 10.9. The quantitative estimate of drug-likeness (QED) is 0.657. The summed E-state index contributed by atoms with van der Waals surface area (Å²) in [6.07, 6.45) is 0. The molecule has 0 fully saturated rings. The molecule has 0 aliphatic carbocycles. The molecule has 0 saturated heterocycles. The zero-order valence-electron chi connectivity index (χ0n) is 15.3. The van der Waals surface area contributed by atoms with Crippen LogP contribution in [0.4, 0.5) is 5.69 Å². The van der Waals surface area contributed by atoms with Gasteiger partial charge in [0.1, 0.15) is 5.75 Å². The molecule has 1 N–H and O–H groups in total. The Kier molecular flexibility index (Phi) is 5.76. The Bertz CT molecular complexity index is 953. The van der Waals surface area contributed by atoms with Gasteiger partial charge in [0, 0.05) is 10.9 Å². The second-order valence-electron chi connectivity index (χ2n) is 6.41. The summed E-state index contributed by atoms with van der Waals surface area (Å²) in [7, 11) is 0. The number of ether oxygens (including phenoxy) is 1. The van der Waals surface area contributed by atoms with Gasteiger partial charge in [-0.1, -0.05) is 42.7 Å². The normalized spacial score (nSPS) is 10.9. The summed E-state index contributed by atoms with van der Waals surface area (Å²) in [4.78, 5) is 16.7. The van der Waals surface area contributed by atoms with E-state index in [1.807, 2.05) is 39.0 Å². The van der Waals surface area contributed by atoms with Gasteiger partial charge < -0.3 is 14.6 Å². The first-order valence-electron chi connectivity index (χ1n) is 8.56. The van der Waals surface area contributed by atoms with E-state index in [9.17, 15) is 4.79 Å². The molecule has 0 spiro atoms. The SMILES string of the molecule is Cc1cc(OCC(=O)Nc2ccccc2-c2nc(C(C)C)no2)ccc1Cl. The van der Waals surface area contributed by atoms with E-state index < -0.39 is 0 Å². The highest BCUT2D eigenvalue weighted by molar-refractivity contribution is 6.31. The monoisotopic (exact) mass is 385 g/mol. The fourth-order valence-corrected chi connectivity index (χ4v) is 2.52. The Hall–Kier alpha value is -2.86. The van der Waals surface area contributed by atoms with E-state index in [1.165, 1.54) is 0 Å². The Balaban J connectivity index is 1.69. The summed E-state index contributed by atoms with van der Waals surface area (Å²) in [5.41, 5.74) is 2.13. The number of benzene rings is 2. The Morgan fingerprint density at radius 1 is 1.26 bits per heavy atom. The van der Waals surface area contributed by atoms with E-state index >= 15 is 0 Å². The zero-order chi connectivity index (χ0) is 19.4. The molecule has 3 aromatic rings. The van der Waals surface area contributed by atoms with Crippen molar-refractivity contribution in [3.63, 3.8) is 0 Å². The predicted molar refractivity (Wildman–Crippen MR) is 104 cm³/mol. The minimum atomic E-state index is -0.293. The van der Waals surface area contributed by atoms with Crippen LogP contribution < -0.4 is 10.1 Å². The maximum absolute atomic E-state index is 12.3. The van der Waals surface area contributed by atoms with Gasteiger partial charge in [-0.25, -0.2) is 0 Å². The van der Waals surface area contributed by atoms with Gasteiger partial charge in [-0.05, 0) is 42.8 Å². The van der Waals surface area contributed by atoms with Gasteiger partial charge >= 0.3 is 0 Å². The van der Waals surface area contributed by atoms with Crippen LogP contribution in [0.3, 0.4) is 0 Å². The van der Waals surface area contributed by atoms with Crippen molar-refractivity contribution in [1.29, 1.82) is 0 Å². The van der Waals surface area contributed by atoms with Gasteiger partial charge in [-0.3, -0.25) is 4.79 Å². The first-order valence-corrected chi connectivity index (χ1v) is 8.93. The van der Waals surface area contributed by atoms with Gasteiger partial charge in [0.25, 0.3) is 11.8 Å². The topological polar surface area (TPSA) is 77.2 Å². The number of carbonyl (C=O) groups is 1. The molecule has 1 heterocycles. The number of aromatic nitrogens is 2. The van der Waals surface area contributed by atoms with Crippen molar-refractivity contribution in [3.8, 4) is 17.2 Å². The highest BCUT2D eigenvalue weighted by Gasteiger charge is 2.16. The van der Waals surface area contributed by atoms with E-state index in [4.69, 9.17) is 20.9 Å². The van der Waals surface area contributed by atoms with Crippen molar-refractivity contribution in [3.05, 3.63) is 58.9 Å². The standard InChI is InChI=1S/C20H20ClN3O3/c1-12(2)19-23-20(27-24-19)15-6-4-5-7-17(15)22-18(25)11-26-14-8-9-16(21)13(3)10-14/h4-10,12H,11H2,1-3H3,(H,22,25). The minimum Gasteiger partial charge on any atom is -0.484 e. The number of carbonyl (C=O) groups excluding carboxylic acids is 1. The second-order valence-corrected chi connectivity index (χ2v) is 6.81. The molecule has 1 amide bonds. The lowest BCUT2D eigenvalue weighted by Crippen LogP contribution is -2.20. The average molecular weight is 386 g/mol. The molecule has 2 aromatic carbocycles. The molecule has 7 heteroatoms. The third-order valence-electron chi connectivity index (χ3n) is 3.89. The first kappa shape index (κ1) is 18.9. The second kappa shape index (κ2) is 8.22.